The Morgan fingerprint density at radius 1 is 1.45 bits per heavy atom. The van der Waals surface area contributed by atoms with Gasteiger partial charge in [0.15, 0.2) is 0 Å². The Balaban J connectivity index is 1.53. The second-order valence-corrected chi connectivity index (χ2v) is 6.04. The van der Waals surface area contributed by atoms with Crippen LogP contribution in [0.25, 0.3) is 0 Å². The predicted octanol–water partition coefficient (Wildman–Crippen LogP) is 3.01. The number of hydrogen-bond acceptors (Lipinski definition) is 3. The largest absolute Gasteiger partial charge is 0.349 e. The molecule has 0 radical (unpaired) electrons. The number of nitrogens with one attached hydrogen (secondary N) is 1. The fraction of sp³-hybridized carbons (Fsp3) is 0.333. The smallest absolute Gasteiger partial charge is 0.224 e. The Labute approximate surface area is 120 Å². The van der Waals surface area contributed by atoms with E-state index in [1.807, 2.05) is 12.3 Å². The van der Waals surface area contributed by atoms with Gasteiger partial charge in [-0.1, -0.05) is 12.1 Å². The molecule has 1 heterocycles. The van der Waals surface area contributed by atoms with Crippen LogP contribution in [0.5, 0.6) is 0 Å². The third-order valence-electron chi connectivity index (χ3n) is 3.51. The van der Waals surface area contributed by atoms with E-state index in [0.29, 0.717) is 6.54 Å². The SMILES string of the molecule is Cc1csc(CNC(=O)[C@@H]2C[C@H]2c2ccc(F)cc2)n1. The van der Waals surface area contributed by atoms with Gasteiger partial charge in [0, 0.05) is 17.0 Å². The maximum Gasteiger partial charge on any atom is 0.224 e. The Morgan fingerprint density at radius 2 is 2.20 bits per heavy atom. The van der Waals surface area contributed by atoms with Crippen LogP contribution in [0.1, 0.15) is 28.6 Å². The predicted molar refractivity (Wildman–Crippen MR) is 75.9 cm³/mol. The first-order chi connectivity index (χ1) is 9.63. The lowest BCUT2D eigenvalue weighted by molar-refractivity contribution is -0.122. The molecule has 0 spiro atoms. The number of aromatic nitrogens is 1. The number of rotatable bonds is 4. The molecular weight excluding hydrogens is 275 g/mol. The van der Waals surface area contributed by atoms with E-state index < -0.39 is 0 Å². The Bertz CT molecular complexity index is 623. The second kappa shape index (κ2) is 5.32. The number of aryl methyl sites for hydroxylation is 1. The number of carbonyl (C=O) groups is 1. The molecule has 0 saturated heterocycles. The molecular formula is C15H15FN2OS. The van der Waals surface area contributed by atoms with Gasteiger partial charge in [0.1, 0.15) is 10.8 Å². The van der Waals surface area contributed by atoms with Gasteiger partial charge in [-0.25, -0.2) is 9.37 Å². The standard InChI is InChI=1S/C15H15FN2OS/c1-9-8-20-14(18-9)7-17-15(19)13-6-12(13)10-2-4-11(16)5-3-10/h2-5,8,12-13H,6-7H2,1H3,(H,17,19)/t12-,13+/m0/s1. The molecule has 0 aliphatic heterocycles. The molecule has 1 N–H and O–H groups in total. The first-order valence-corrected chi connectivity index (χ1v) is 7.45. The van der Waals surface area contributed by atoms with Gasteiger partial charge >= 0.3 is 0 Å². The zero-order valence-electron chi connectivity index (χ0n) is 11.1. The van der Waals surface area contributed by atoms with E-state index in [1.165, 1.54) is 12.1 Å². The van der Waals surface area contributed by atoms with Crippen molar-refractivity contribution in [2.45, 2.75) is 25.8 Å². The summed E-state index contributed by atoms with van der Waals surface area (Å²) in [6.45, 7) is 2.43. The highest BCUT2D eigenvalue weighted by atomic mass is 32.1. The maximum absolute atomic E-state index is 12.9. The number of hydrogen-bond donors (Lipinski definition) is 1. The van der Waals surface area contributed by atoms with Crippen molar-refractivity contribution < 1.29 is 9.18 Å². The van der Waals surface area contributed by atoms with Crippen LogP contribution in [0.3, 0.4) is 0 Å². The van der Waals surface area contributed by atoms with Crippen molar-refractivity contribution in [1.29, 1.82) is 0 Å². The monoisotopic (exact) mass is 290 g/mol. The fourth-order valence-corrected chi connectivity index (χ4v) is 3.05. The third kappa shape index (κ3) is 2.88. The van der Waals surface area contributed by atoms with Crippen LogP contribution in [0.2, 0.25) is 0 Å². The number of thiazole rings is 1. The molecule has 1 amide bonds. The number of carbonyl (C=O) groups excluding carboxylic acids is 1. The molecule has 1 aromatic heterocycles. The van der Waals surface area contributed by atoms with Gasteiger partial charge in [-0.3, -0.25) is 4.79 Å². The summed E-state index contributed by atoms with van der Waals surface area (Å²) < 4.78 is 12.9. The molecule has 1 saturated carbocycles. The van der Waals surface area contributed by atoms with E-state index in [-0.39, 0.29) is 23.6 Å². The average Bonchev–Trinajstić information content (AvgIpc) is 3.13. The normalized spacial score (nSPS) is 20.7. The molecule has 104 valence electrons. The molecule has 0 unspecified atom stereocenters. The highest BCUT2D eigenvalue weighted by Crippen LogP contribution is 2.47. The second-order valence-electron chi connectivity index (χ2n) is 5.10. The van der Waals surface area contributed by atoms with Gasteiger partial charge in [0.2, 0.25) is 5.91 Å². The number of benzene rings is 1. The first-order valence-electron chi connectivity index (χ1n) is 6.57. The summed E-state index contributed by atoms with van der Waals surface area (Å²) in [6.07, 6.45) is 0.842. The van der Waals surface area contributed by atoms with E-state index >= 15 is 0 Å². The van der Waals surface area contributed by atoms with Crippen LogP contribution >= 0.6 is 11.3 Å². The zero-order chi connectivity index (χ0) is 14.1. The lowest BCUT2D eigenvalue weighted by atomic mass is 10.1. The van der Waals surface area contributed by atoms with E-state index in [1.54, 1.807) is 23.5 Å². The lowest BCUT2D eigenvalue weighted by Crippen LogP contribution is -2.24. The molecule has 0 bridgehead atoms. The molecule has 1 aromatic carbocycles. The average molecular weight is 290 g/mol. The highest BCUT2D eigenvalue weighted by molar-refractivity contribution is 7.09. The number of nitrogens with zero attached hydrogens (tertiary/aromatic N) is 1. The van der Waals surface area contributed by atoms with Crippen LogP contribution in [-0.2, 0) is 11.3 Å². The highest BCUT2D eigenvalue weighted by Gasteiger charge is 2.43. The summed E-state index contributed by atoms with van der Waals surface area (Å²) in [5, 5.41) is 5.82. The molecule has 2 atom stereocenters. The van der Waals surface area contributed by atoms with Gasteiger partial charge in [0.05, 0.1) is 6.54 Å². The van der Waals surface area contributed by atoms with E-state index in [0.717, 1.165) is 22.7 Å². The summed E-state index contributed by atoms with van der Waals surface area (Å²) in [5.74, 6) is 0.0665. The summed E-state index contributed by atoms with van der Waals surface area (Å²) in [5.41, 5.74) is 2.02. The van der Waals surface area contributed by atoms with Crippen LogP contribution in [0, 0.1) is 18.7 Å². The molecule has 3 nitrogen and oxygen atoms in total. The summed E-state index contributed by atoms with van der Waals surface area (Å²) in [7, 11) is 0. The number of amides is 1. The summed E-state index contributed by atoms with van der Waals surface area (Å²) in [6, 6.07) is 6.41. The van der Waals surface area contributed by atoms with Crippen molar-refractivity contribution >= 4 is 17.2 Å². The van der Waals surface area contributed by atoms with Crippen molar-refractivity contribution in [1.82, 2.24) is 10.3 Å². The quantitative estimate of drug-likeness (QED) is 0.940. The molecule has 1 fully saturated rings. The van der Waals surface area contributed by atoms with E-state index in [2.05, 4.69) is 10.3 Å². The van der Waals surface area contributed by atoms with Crippen LogP contribution in [0.15, 0.2) is 29.6 Å². The van der Waals surface area contributed by atoms with Crippen LogP contribution < -0.4 is 5.32 Å². The Hall–Kier alpha value is -1.75. The zero-order valence-corrected chi connectivity index (χ0v) is 11.9. The minimum absolute atomic E-state index is 0.0153. The van der Waals surface area contributed by atoms with Crippen molar-refractivity contribution in [3.63, 3.8) is 0 Å². The van der Waals surface area contributed by atoms with Crippen molar-refractivity contribution in [2.24, 2.45) is 5.92 Å². The lowest BCUT2D eigenvalue weighted by Gasteiger charge is -2.03. The Morgan fingerprint density at radius 3 is 2.85 bits per heavy atom. The van der Waals surface area contributed by atoms with E-state index in [4.69, 9.17) is 0 Å². The minimum atomic E-state index is -0.241. The maximum atomic E-state index is 12.9. The van der Waals surface area contributed by atoms with Gasteiger partial charge in [-0.15, -0.1) is 11.3 Å². The molecule has 20 heavy (non-hydrogen) atoms. The molecule has 5 heteroatoms. The van der Waals surface area contributed by atoms with Gasteiger partial charge < -0.3 is 5.32 Å². The van der Waals surface area contributed by atoms with E-state index in [9.17, 15) is 9.18 Å². The number of halogens is 1. The van der Waals surface area contributed by atoms with Crippen molar-refractivity contribution in [3.8, 4) is 0 Å². The van der Waals surface area contributed by atoms with Crippen LogP contribution in [-0.4, -0.2) is 10.9 Å². The molecule has 2 aromatic rings. The third-order valence-corrected chi connectivity index (χ3v) is 4.47. The Kier molecular flexibility index (Phi) is 3.53. The van der Waals surface area contributed by atoms with Crippen LogP contribution in [0.4, 0.5) is 4.39 Å². The summed E-state index contributed by atoms with van der Waals surface area (Å²) in [4.78, 5) is 16.3. The van der Waals surface area contributed by atoms with Gasteiger partial charge in [-0.05, 0) is 37.0 Å². The summed E-state index contributed by atoms with van der Waals surface area (Å²) >= 11 is 1.55. The first kappa shape index (κ1) is 13.2. The molecule has 1 aliphatic carbocycles. The van der Waals surface area contributed by atoms with Gasteiger partial charge in [0.25, 0.3) is 0 Å². The van der Waals surface area contributed by atoms with Gasteiger partial charge in [-0.2, -0.15) is 0 Å². The van der Waals surface area contributed by atoms with Crippen molar-refractivity contribution in [3.05, 3.63) is 51.7 Å². The minimum Gasteiger partial charge on any atom is -0.349 e. The molecule has 3 rings (SSSR count). The fourth-order valence-electron chi connectivity index (χ4n) is 2.34. The topological polar surface area (TPSA) is 42.0 Å². The van der Waals surface area contributed by atoms with Crippen molar-refractivity contribution in [2.75, 3.05) is 0 Å². The molecule has 1 aliphatic rings.